The van der Waals surface area contributed by atoms with E-state index < -0.39 is 6.04 Å². The smallest absolute Gasteiger partial charge is 0.245 e. The Hall–Kier alpha value is -2.59. The molecule has 36 heavy (non-hydrogen) atoms. The number of nitrogens with zero attached hydrogens (tertiary/aromatic N) is 3. The van der Waals surface area contributed by atoms with Crippen molar-refractivity contribution in [2.75, 3.05) is 32.8 Å². The summed E-state index contributed by atoms with van der Waals surface area (Å²) in [7, 11) is 0. The molecule has 0 unspecified atom stereocenters. The van der Waals surface area contributed by atoms with E-state index in [1.54, 1.807) is 12.1 Å². The van der Waals surface area contributed by atoms with Gasteiger partial charge in [-0.15, -0.1) is 0 Å². The van der Waals surface area contributed by atoms with Gasteiger partial charge >= 0.3 is 0 Å². The average molecular weight is 497 g/mol. The lowest BCUT2D eigenvalue weighted by Crippen LogP contribution is -2.62. The highest BCUT2D eigenvalue weighted by Crippen LogP contribution is 2.33. The van der Waals surface area contributed by atoms with Crippen LogP contribution in [0.25, 0.3) is 0 Å². The molecule has 0 radical (unpaired) electrons. The van der Waals surface area contributed by atoms with E-state index in [0.717, 1.165) is 32.2 Å². The molecule has 2 atom stereocenters. The predicted molar refractivity (Wildman–Crippen MR) is 141 cm³/mol. The highest BCUT2D eigenvalue weighted by Gasteiger charge is 2.40. The Kier molecular flexibility index (Phi) is 9.78. The number of ether oxygens (including phenoxy) is 1. The van der Waals surface area contributed by atoms with Crippen molar-refractivity contribution in [1.29, 1.82) is 5.26 Å². The van der Waals surface area contributed by atoms with Crippen LogP contribution in [0.4, 0.5) is 0 Å². The van der Waals surface area contributed by atoms with Crippen LogP contribution in [0.3, 0.4) is 0 Å². The minimum absolute atomic E-state index is 0.0419. The van der Waals surface area contributed by atoms with E-state index >= 15 is 0 Å². The summed E-state index contributed by atoms with van der Waals surface area (Å²) in [5, 5.41) is 12.5. The van der Waals surface area contributed by atoms with Gasteiger partial charge in [-0.1, -0.05) is 40.7 Å². The third-order valence-corrected chi connectivity index (χ3v) is 7.55. The molecule has 2 heterocycles. The Bertz CT molecular complexity index is 931. The van der Waals surface area contributed by atoms with Crippen molar-refractivity contribution >= 4 is 11.8 Å². The third kappa shape index (κ3) is 7.46. The molecule has 2 aliphatic heterocycles. The minimum atomic E-state index is -0.393. The Morgan fingerprint density at radius 3 is 2.56 bits per heavy atom. The van der Waals surface area contributed by atoms with Gasteiger partial charge in [0.05, 0.1) is 24.3 Å². The van der Waals surface area contributed by atoms with Crippen molar-refractivity contribution in [3.63, 3.8) is 0 Å². The van der Waals surface area contributed by atoms with Gasteiger partial charge in [0, 0.05) is 31.6 Å². The van der Waals surface area contributed by atoms with E-state index in [9.17, 15) is 9.59 Å². The standard InChI is InChI=1S/C29H44N4O3/c1-21(2)9-10-25-27(34)33(16-13-31-25)26(17-22(3)4)28(35)32-14-11-29(5,12-15-32)20-36-24-8-6-7-23(18-24)19-30/h6-8,18,21-22,25-26,31H,9-17,20H2,1-5H3/t25-,26-/m0/s1. The van der Waals surface area contributed by atoms with Crippen LogP contribution in [0, 0.1) is 28.6 Å². The van der Waals surface area contributed by atoms with Crippen LogP contribution in [-0.4, -0.2) is 66.5 Å². The first kappa shape index (κ1) is 28.0. The van der Waals surface area contributed by atoms with Gasteiger partial charge < -0.3 is 19.9 Å². The molecule has 1 N–H and O–H groups in total. The zero-order chi connectivity index (χ0) is 26.3. The Labute approximate surface area is 217 Å². The number of hydrogen-bond acceptors (Lipinski definition) is 5. The molecule has 2 fully saturated rings. The molecule has 3 rings (SSSR count). The fraction of sp³-hybridized carbons (Fsp3) is 0.690. The zero-order valence-electron chi connectivity index (χ0n) is 22.8. The summed E-state index contributed by atoms with van der Waals surface area (Å²) in [4.78, 5) is 31.0. The average Bonchev–Trinajstić information content (AvgIpc) is 2.86. The van der Waals surface area contributed by atoms with Crippen molar-refractivity contribution in [3.8, 4) is 11.8 Å². The van der Waals surface area contributed by atoms with Gasteiger partial charge in [-0.3, -0.25) is 9.59 Å². The molecule has 0 bridgehead atoms. The van der Waals surface area contributed by atoms with E-state index in [1.165, 1.54) is 0 Å². The van der Waals surface area contributed by atoms with E-state index in [-0.39, 0.29) is 23.3 Å². The van der Waals surface area contributed by atoms with Crippen molar-refractivity contribution in [2.24, 2.45) is 17.3 Å². The molecule has 0 saturated carbocycles. The number of likely N-dealkylation sites (tertiary alicyclic amines) is 1. The van der Waals surface area contributed by atoms with E-state index in [1.807, 2.05) is 21.9 Å². The first-order valence-corrected chi connectivity index (χ1v) is 13.6. The number of amides is 2. The maximum atomic E-state index is 13.8. The van der Waals surface area contributed by atoms with Crippen molar-refractivity contribution < 1.29 is 14.3 Å². The van der Waals surface area contributed by atoms with E-state index in [2.05, 4.69) is 46.0 Å². The van der Waals surface area contributed by atoms with Gasteiger partial charge in [0.15, 0.2) is 0 Å². The summed E-state index contributed by atoms with van der Waals surface area (Å²) >= 11 is 0. The number of piperidine rings is 1. The second kappa shape index (κ2) is 12.6. The SMILES string of the molecule is CC(C)CC[C@@H]1NCCN([C@@H](CC(C)C)C(=O)N2CCC(C)(COc3cccc(C#N)c3)CC2)C1=O. The molecule has 2 saturated heterocycles. The number of rotatable bonds is 10. The van der Waals surface area contributed by atoms with Crippen molar-refractivity contribution in [2.45, 2.75) is 78.8 Å². The monoisotopic (exact) mass is 496 g/mol. The van der Waals surface area contributed by atoms with E-state index in [4.69, 9.17) is 10.00 Å². The van der Waals surface area contributed by atoms with Crippen LogP contribution in [-0.2, 0) is 9.59 Å². The van der Waals surface area contributed by atoms with Crippen LogP contribution in [0.1, 0.15) is 72.3 Å². The fourth-order valence-corrected chi connectivity index (χ4v) is 5.13. The Balaban J connectivity index is 1.61. The summed E-state index contributed by atoms with van der Waals surface area (Å²) < 4.78 is 6.03. The predicted octanol–water partition coefficient (Wildman–Crippen LogP) is 4.22. The number of nitriles is 1. The van der Waals surface area contributed by atoms with Crippen molar-refractivity contribution in [3.05, 3.63) is 29.8 Å². The summed E-state index contributed by atoms with van der Waals surface area (Å²) in [6.45, 7) is 14.0. The number of piperazine rings is 1. The summed E-state index contributed by atoms with van der Waals surface area (Å²) in [6.07, 6.45) is 4.19. The molecule has 7 heteroatoms. The molecule has 2 aliphatic rings. The van der Waals surface area contributed by atoms with Crippen LogP contribution in [0.5, 0.6) is 5.75 Å². The summed E-state index contributed by atoms with van der Waals surface area (Å²) in [6, 6.07) is 8.79. The molecular weight excluding hydrogens is 452 g/mol. The largest absolute Gasteiger partial charge is 0.493 e. The second-order valence-corrected chi connectivity index (χ2v) is 11.7. The lowest BCUT2D eigenvalue weighted by atomic mass is 9.81. The number of benzene rings is 1. The number of nitrogens with one attached hydrogen (secondary N) is 1. The fourth-order valence-electron chi connectivity index (χ4n) is 5.13. The molecule has 198 valence electrons. The summed E-state index contributed by atoms with van der Waals surface area (Å²) in [5.41, 5.74) is 0.544. The van der Waals surface area contributed by atoms with Gasteiger partial charge in [-0.25, -0.2) is 0 Å². The number of carbonyl (C=O) groups excluding carboxylic acids is 2. The first-order chi connectivity index (χ1) is 17.1. The van der Waals surface area contributed by atoms with Crippen LogP contribution in [0.2, 0.25) is 0 Å². The van der Waals surface area contributed by atoms with Crippen LogP contribution in [0.15, 0.2) is 24.3 Å². The molecule has 1 aromatic rings. The highest BCUT2D eigenvalue weighted by atomic mass is 16.5. The van der Waals surface area contributed by atoms with Gasteiger partial charge in [0.25, 0.3) is 0 Å². The topological polar surface area (TPSA) is 85.7 Å². The van der Waals surface area contributed by atoms with E-state index in [0.29, 0.717) is 55.8 Å². The van der Waals surface area contributed by atoms with Gasteiger partial charge in [0.2, 0.25) is 11.8 Å². The quantitative estimate of drug-likeness (QED) is 0.524. The number of hydrogen-bond donors (Lipinski definition) is 1. The van der Waals surface area contributed by atoms with Crippen LogP contribution < -0.4 is 10.1 Å². The van der Waals surface area contributed by atoms with Gasteiger partial charge in [-0.2, -0.15) is 5.26 Å². The minimum Gasteiger partial charge on any atom is -0.493 e. The third-order valence-electron chi connectivity index (χ3n) is 7.55. The molecule has 7 nitrogen and oxygen atoms in total. The summed E-state index contributed by atoms with van der Waals surface area (Å²) in [5.74, 6) is 1.74. The van der Waals surface area contributed by atoms with Crippen LogP contribution >= 0.6 is 0 Å². The molecule has 2 amide bonds. The first-order valence-electron chi connectivity index (χ1n) is 13.6. The normalized spacial score (nSPS) is 20.9. The van der Waals surface area contributed by atoms with Crippen molar-refractivity contribution in [1.82, 2.24) is 15.1 Å². The molecule has 0 spiro atoms. The molecule has 0 aliphatic carbocycles. The highest BCUT2D eigenvalue weighted by molar-refractivity contribution is 5.90. The van der Waals surface area contributed by atoms with Gasteiger partial charge in [0.1, 0.15) is 11.8 Å². The Morgan fingerprint density at radius 2 is 1.92 bits per heavy atom. The molecule has 0 aromatic heterocycles. The lowest BCUT2D eigenvalue weighted by Gasteiger charge is -2.44. The van der Waals surface area contributed by atoms with Gasteiger partial charge in [-0.05, 0) is 62.1 Å². The molecule has 1 aromatic carbocycles. The molecular formula is C29H44N4O3. The number of carbonyl (C=O) groups is 2. The second-order valence-electron chi connectivity index (χ2n) is 11.7. The Morgan fingerprint density at radius 1 is 1.19 bits per heavy atom. The lowest BCUT2D eigenvalue weighted by molar-refractivity contribution is -0.151. The zero-order valence-corrected chi connectivity index (χ0v) is 22.8. The maximum absolute atomic E-state index is 13.8. The maximum Gasteiger partial charge on any atom is 0.245 e.